The van der Waals surface area contributed by atoms with E-state index in [1.807, 2.05) is 24.7 Å². The third kappa shape index (κ3) is 2.56. The highest BCUT2D eigenvalue weighted by Crippen LogP contribution is 2.41. The molecular formula is C17H22N4. The Morgan fingerprint density at radius 3 is 2.71 bits per heavy atom. The maximum atomic E-state index is 4.20. The maximum Gasteiger partial charge on any atom is 0.0543 e. The molecule has 0 saturated carbocycles. The molecular weight excluding hydrogens is 260 g/mol. The largest absolute Gasteiger partial charge is 0.370 e. The molecule has 0 aromatic carbocycles. The van der Waals surface area contributed by atoms with Crippen LogP contribution in [0.5, 0.6) is 0 Å². The van der Waals surface area contributed by atoms with Crippen LogP contribution in [0.2, 0.25) is 0 Å². The van der Waals surface area contributed by atoms with Crippen LogP contribution in [0.4, 0.5) is 5.69 Å². The van der Waals surface area contributed by atoms with E-state index in [9.17, 15) is 0 Å². The van der Waals surface area contributed by atoms with Gasteiger partial charge in [-0.25, -0.2) is 0 Å². The van der Waals surface area contributed by atoms with Gasteiger partial charge in [0.1, 0.15) is 0 Å². The lowest BCUT2D eigenvalue weighted by Crippen LogP contribution is -2.59. The highest BCUT2D eigenvalue weighted by molar-refractivity contribution is 5.44. The topological polar surface area (TPSA) is 35.2 Å². The summed E-state index contributed by atoms with van der Waals surface area (Å²) in [6, 6.07) is 6.38. The molecule has 110 valence electrons. The minimum Gasteiger partial charge on any atom is -0.370 e. The molecule has 1 N–H and O–H groups in total. The number of hydrogen-bond donors (Lipinski definition) is 1. The number of H-pyrrole nitrogens is 1. The summed E-state index contributed by atoms with van der Waals surface area (Å²) in [6.45, 7) is 5.94. The maximum absolute atomic E-state index is 4.20. The third-order valence-corrected chi connectivity index (χ3v) is 5.02. The zero-order valence-electron chi connectivity index (χ0n) is 12.3. The molecule has 0 amide bonds. The van der Waals surface area contributed by atoms with Crippen LogP contribution in [0.15, 0.2) is 43.0 Å². The smallest absolute Gasteiger partial charge is 0.0543 e. The first-order valence-corrected chi connectivity index (χ1v) is 7.82. The molecule has 0 radical (unpaired) electrons. The molecule has 0 aliphatic carbocycles. The van der Waals surface area contributed by atoms with Gasteiger partial charge in [-0.2, -0.15) is 0 Å². The predicted molar refractivity (Wildman–Crippen MR) is 84.2 cm³/mol. The minimum absolute atomic E-state index is 0.578. The van der Waals surface area contributed by atoms with Crippen molar-refractivity contribution in [2.45, 2.75) is 19.4 Å². The summed E-state index contributed by atoms with van der Waals surface area (Å²) in [7, 11) is 0. The van der Waals surface area contributed by atoms with E-state index >= 15 is 0 Å². The minimum atomic E-state index is 0.578. The number of hydrogen-bond acceptors (Lipinski definition) is 3. The summed E-state index contributed by atoms with van der Waals surface area (Å²) in [5, 5.41) is 0. The Kier molecular flexibility index (Phi) is 3.19. The molecule has 2 fully saturated rings. The van der Waals surface area contributed by atoms with Gasteiger partial charge in [-0.05, 0) is 36.0 Å². The third-order valence-electron chi connectivity index (χ3n) is 5.02. The lowest BCUT2D eigenvalue weighted by molar-refractivity contribution is -0.0240. The molecule has 0 unspecified atom stereocenters. The normalized spacial score (nSPS) is 21.4. The fraction of sp³-hybridized carbons (Fsp3) is 0.471. The number of pyridine rings is 1. The van der Waals surface area contributed by atoms with E-state index in [2.05, 4.69) is 38.1 Å². The van der Waals surface area contributed by atoms with Gasteiger partial charge in [-0.15, -0.1) is 0 Å². The van der Waals surface area contributed by atoms with Crippen molar-refractivity contribution in [3.63, 3.8) is 0 Å². The number of piperidine rings is 1. The molecule has 4 nitrogen and oxygen atoms in total. The summed E-state index contributed by atoms with van der Waals surface area (Å²) in [5.41, 5.74) is 3.25. The molecule has 2 aliphatic heterocycles. The van der Waals surface area contributed by atoms with Crippen molar-refractivity contribution < 1.29 is 0 Å². The van der Waals surface area contributed by atoms with Gasteiger partial charge >= 0.3 is 0 Å². The number of aromatic nitrogens is 2. The van der Waals surface area contributed by atoms with Crippen molar-refractivity contribution in [3.05, 3.63) is 48.5 Å². The molecule has 4 rings (SSSR count). The van der Waals surface area contributed by atoms with Gasteiger partial charge in [0.15, 0.2) is 0 Å². The van der Waals surface area contributed by atoms with Crippen molar-refractivity contribution in [1.82, 2.24) is 14.9 Å². The van der Waals surface area contributed by atoms with Gasteiger partial charge in [0.2, 0.25) is 0 Å². The van der Waals surface area contributed by atoms with Crippen LogP contribution in [-0.2, 0) is 6.54 Å². The molecule has 2 aromatic heterocycles. The molecule has 21 heavy (non-hydrogen) atoms. The number of anilines is 1. The number of rotatable bonds is 3. The van der Waals surface area contributed by atoms with Gasteiger partial charge in [-0.3, -0.25) is 9.88 Å². The monoisotopic (exact) mass is 282 g/mol. The van der Waals surface area contributed by atoms with Crippen LogP contribution < -0.4 is 4.90 Å². The first kappa shape index (κ1) is 12.9. The molecule has 2 aromatic rings. The molecule has 4 heterocycles. The lowest BCUT2D eigenvalue weighted by atomic mass is 9.72. The first-order chi connectivity index (χ1) is 10.3. The van der Waals surface area contributed by atoms with Crippen molar-refractivity contribution >= 4 is 5.69 Å². The number of nitrogens with zero attached hydrogens (tertiary/aromatic N) is 3. The van der Waals surface area contributed by atoms with Gasteiger partial charge in [0.25, 0.3) is 0 Å². The summed E-state index contributed by atoms with van der Waals surface area (Å²) < 4.78 is 0. The summed E-state index contributed by atoms with van der Waals surface area (Å²) >= 11 is 0. The van der Waals surface area contributed by atoms with Crippen LogP contribution >= 0.6 is 0 Å². The van der Waals surface area contributed by atoms with Crippen LogP contribution in [0, 0.1) is 5.41 Å². The van der Waals surface area contributed by atoms with E-state index in [4.69, 9.17) is 0 Å². The van der Waals surface area contributed by atoms with Gasteiger partial charge in [0, 0.05) is 57.5 Å². The van der Waals surface area contributed by atoms with Crippen LogP contribution in [0.1, 0.15) is 18.4 Å². The zero-order chi connectivity index (χ0) is 14.1. The standard InChI is InChI=1S/C17H22N4/c1-2-15(10-18-6-1)12-20-13-17(14-20)4-8-21(9-5-17)16-3-7-19-11-16/h1-3,6-7,10-11,19H,4-5,8-9,12-14H2. The fourth-order valence-electron chi connectivity index (χ4n) is 3.83. The summed E-state index contributed by atoms with van der Waals surface area (Å²) in [6.07, 6.45) is 10.6. The van der Waals surface area contributed by atoms with E-state index in [-0.39, 0.29) is 0 Å². The van der Waals surface area contributed by atoms with Crippen molar-refractivity contribution in [2.24, 2.45) is 5.41 Å². The lowest BCUT2D eigenvalue weighted by Gasteiger charge is -2.54. The Labute approximate surface area is 125 Å². The molecule has 2 aliphatic rings. The Balaban J connectivity index is 1.30. The quantitative estimate of drug-likeness (QED) is 0.939. The molecule has 0 bridgehead atoms. The van der Waals surface area contributed by atoms with Crippen molar-refractivity contribution in [2.75, 3.05) is 31.1 Å². The SMILES string of the molecule is c1cncc(CN2CC3(CCN(c4cc[nH]c4)CC3)C2)c1. The predicted octanol–water partition coefficient (Wildman–Crippen LogP) is 2.51. The van der Waals surface area contributed by atoms with E-state index in [0.717, 1.165) is 6.54 Å². The Morgan fingerprint density at radius 1 is 1.19 bits per heavy atom. The van der Waals surface area contributed by atoms with Crippen LogP contribution in [-0.4, -0.2) is 41.0 Å². The Morgan fingerprint density at radius 2 is 2.05 bits per heavy atom. The number of aromatic amines is 1. The first-order valence-electron chi connectivity index (χ1n) is 7.82. The van der Waals surface area contributed by atoms with E-state index in [1.54, 1.807) is 0 Å². The molecule has 0 atom stereocenters. The van der Waals surface area contributed by atoms with Gasteiger partial charge in [0.05, 0.1) is 5.69 Å². The van der Waals surface area contributed by atoms with Crippen molar-refractivity contribution in [1.29, 1.82) is 0 Å². The average molecular weight is 282 g/mol. The molecule has 1 spiro atoms. The number of likely N-dealkylation sites (tertiary alicyclic amines) is 1. The second-order valence-corrected chi connectivity index (χ2v) is 6.56. The highest BCUT2D eigenvalue weighted by atomic mass is 15.2. The second-order valence-electron chi connectivity index (χ2n) is 6.56. The van der Waals surface area contributed by atoms with Crippen LogP contribution in [0.25, 0.3) is 0 Å². The van der Waals surface area contributed by atoms with Crippen LogP contribution in [0.3, 0.4) is 0 Å². The Bertz CT molecular complexity index is 562. The van der Waals surface area contributed by atoms with E-state index in [0.29, 0.717) is 5.41 Å². The van der Waals surface area contributed by atoms with Gasteiger partial charge < -0.3 is 9.88 Å². The summed E-state index contributed by atoms with van der Waals surface area (Å²) in [4.78, 5) is 12.4. The molecule has 2 saturated heterocycles. The highest BCUT2D eigenvalue weighted by Gasteiger charge is 2.44. The van der Waals surface area contributed by atoms with Gasteiger partial charge in [-0.1, -0.05) is 6.07 Å². The second kappa shape index (κ2) is 5.19. The molecule has 4 heteroatoms. The van der Waals surface area contributed by atoms with E-state index < -0.39 is 0 Å². The number of nitrogens with one attached hydrogen (secondary N) is 1. The van der Waals surface area contributed by atoms with E-state index in [1.165, 1.54) is 50.3 Å². The Hall–Kier alpha value is -1.81. The fourth-order valence-corrected chi connectivity index (χ4v) is 3.83. The average Bonchev–Trinajstić information content (AvgIpc) is 3.02. The van der Waals surface area contributed by atoms with Crippen molar-refractivity contribution in [3.8, 4) is 0 Å². The summed E-state index contributed by atoms with van der Waals surface area (Å²) in [5.74, 6) is 0. The zero-order valence-corrected chi connectivity index (χ0v) is 12.3.